The molecule has 1 aliphatic rings. The van der Waals surface area contributed by atoms with Gasteiger partial charge in [-0.05, 0) is 22.0 Å². The number of amides is 1. The molecule has 4 nitrogen and oxygen atoms in total. The smallest absolute Gasteiger partial charge is 0.265 e. The fourth-order valence-corrected chi connectivity index (χ4v) is 1.15. The van der Waals surface area contributed by atoms with Gasteiger partial charge in [0, 0.05) is 10.7 Å². The summed E-state index contributed by atoms with van der Waals surface area (Å²) in [7, 11) is 0. The number of rotatable bonds is 0. The molecule has 0 radical (unpaired) electrons. The summed E-state index contributed by atoms with van der Waals surface area (Å²) in [6.45, 7) is 0. The standard InChI is InChI=1S/C6H2BrN3O/c7-3-1-4-5(8-2-3)9-10-6(4)11/h1-2H. The van der Waals surface area contributed by atoms with Gasteiger partial charge in [-0.3, -0.25) is 4.79 Å². The molecule has 1 amide bonds. The lowest BCUT2D eigenvalue weighted by Crippen LogP contribution is -1.89. The number of hydrogen-bond acceptors (Lipinski definition) is 3. The van der Waals surface area contributed by atoms with Crippen LogP contribution in [0.1, 0.15) is 10.4 Å². The minimum Gasteiger partial charge on any atom is -0.265 e. The lowest BCUT2D eigenvalue weighted by atomic mass is 10.2. The van der Waals surface area contributed by atoms with Gasteiger partial charge in [-0.25, -0.2) is 4.98 Å². The summed E-state index contributed by atoms with van der Waals surface area (Å²) in [6.07, 6.45) is 1.58. The number of carbonyl (C=O) groups is 1. The molecule has 54 valence electrons. The Bertz CT molecular complexity index is 361. The summed E-state index contributed by atoms with van der Waals surface area (Å²) in [5.74, 6) is 0.0759. The predicted molar refractivity (Wildman–Crippen MR) is 40.8 cm³/mol. The zero-order valence-corrected chi connectivity index (χ0v) is 6.87. The highest BCUT2D eigenvalue weighted by molar-refractivity contribution is 9.10. The van der Waals surface area contributed by atoms with Gasteiger partial charge in [0.1, 0.15) is 0 Å². The van der Waals surface area contributed by atoms with Crippen LogP contribution in [0.5, 0.6) is 0 Å². The lowest BCUT2D eigenvalue weighted by molar-refractivity contribution is 0.100. The van der Waals surface area contributed by atoms with Crippen molar-refractivity contribution >= 4 is 27.7 Å². The van der Waals surface area contributed by atoms with E-state index >= 15 is 0 Å². The molecule has 0 fully saturated rings. The van der Waals surface area contributed by atoms with Gasteiger partial charge in [0.15, 0.2) is 5.82 Å². The number of fused-ring (bicyclic) bond motifs is 1. The van der Waals surface area contributed by atoms with Gasteiger partial charge in [0.25, 0.3) is 5.91 Å². The minimum absolute atomic E-state index is 0.325. The van der Waals surface area contributed by atoms with Crippen LogP contribution in [-0.4, -0.2) is 10.9 Å². The Kier molecular flexibility index (Phi) is 1.32. The van der Waals surface area contributed by atoms with Crippen LogP contribution >= 0.6 is 15.9 Å². The Morgan fingerprint density at radius 1 is 1.36 bits per heavy atom. The number of pyridine rings is 1. The van der Waals surface area contributed by atoms with E-state index in [1.54, 1.807) is 12.3 Å². The highest BCUT2D eigenvalue weighted by Gasteiger charge is 2.18. The molecule has 0 unspecified atom stereocenters. The van der Waals surface area contributed by atoms with E-state index in [1.807, 2.05) is 0 Å². The molecule has 0 aliphatic carbocycles. The quantitative estimate of drug-likeness (QED) is 0.660. The topological polar surface area (TPSA) is 54.7 Å². The molecule has 2 rings (SSSR count). The molecule has 2 heterocycles. The van der Waals surface area contributed by atoms with E-state index in [-0.39, 0.29) is 5.91 Å². The average molecular weight is 212 g/mol. The zero-order chi connectivity index (χ0) is 7.84. The van der Waals surface area contributed by atoms with Crippen molar-refractivity contribution in [2.45, 2.75) is 0 Å². The van der Waals surface area contributed by atoms with Crippen LogP contribution in [-0.2, 0) is 0 Å². The number of halogens is 1. The van der Waals surface area contributed by atoms with E-state index in [1.165, 1.54) is 0 Å². The van der Waals surface area contributed by atoms with Crippen molar-refractivity contribution < 1.29 is 4.79 Å². The first-order valence-corrected chi connectivity index (χ1v) is 3.68. The van der Waals surface area contributed by atoms with Crippen molar-refractivity contribution in [3.05, 3.63) is 22.3 Å². The first kappa shape index (κ1) is 6.60. The Labute approximate surface area is 70.5 Å². The maximum Gasteiger partial charge on any atom is 0.299 e. The van der Waals surface area contributed by atoms with Crippen molar-refractivity contribution in [1.82, 2.24) is 4.98 Å². The summed E-state index contributed by atoms with van der Waals surface area (Å²) < 4.78 is 0.761. The van der Waals surface area contributed by atoms with Gasteiger partial charge in [-0.1, -0.05) is 0 Å². The Morgan fingerprint density at radius 2 is 2.18 bits per heavy atom. The maximum absolute atomic E-state index is 10.9. The van der Waals surface area contributed by atoms with Crippen LogP contribution < -0.4 is 0 Å². The number of azo groups is 1. The van der Waals surface area contributed by atoms with Crippen LogP contribution in [0.4, 0.5) is 5.82 Å². The molecular formula is C6H2BrN3O. The SMILES string of the molecule is O=C1N=Nc2ncc(Br)cc21. The van der Waals surface area contributed by atoms with E-state index in [0.29, 0.717) is 11.4 Å². The molecule has 5 heteroatoms. The van der Waals surface area contributed by atoms with Gasteiger partial charge in [0.2, 0.25) is 0 Å². The van der Waals surface area contributed by atoms with Crippen molar-refractivity contribution in [2.75, 3.05) is 0 Å². The van der Waals surface area contributed by atoms with Crippen molar-refractivity contribution in [2.24, 2.45) is 10.2 Å². The van der Waals surface area contributed by atoms with Gasteiger partial charge < -0.3 is 0 Å². The zero-order valence-electron chi connectivity index (χ0n) is 5.28. The highest BCUT2D eigenvalue weighted by Crippen LogP contribution is 2.26. The second-order valence-corrected chi connectivity index (χ2v) is 2.95. The monoisotopic (exact) mass is 211 g/mol. The fourth-order valence-electron chi connectivity index (χ4n) is 0.816. The largest absolute Gasteiger partial charge is 0.299 e. The molecule has 0 atom stereocenters. The molecule has 0 bridgehead atoms. The molecule has 0 saturated carbocycles. The van der Waals surface area contributed by atoms with E-state index in [2.05, 4.69) is 31.1 Å². The van der Waals surface area contributed by atoms with Gasteiger partial charge in [-0.2, -0.15) is 0 Å². The highest BCUT2D eigenvalue weighted by atomic mass is 79.9. The molecule has 11 heavy (non-hydrogen) atoms. The van der Waals surface area contributed by atoms with Crippen LogP contribution in [0.2, 0.25) is 0 Å². The average Bonchev–Trinajstić information content (AvgIpc) is 2.33. The van der Waals surface area contributed by atoms with E-state index in [9.17, 15) is 4.79 Å². The molecular weight excluding hydrogens is 210 g/mol. The molecule has 0 N–H and O–H groups in total. The van der Waals surface area contributed by atoms with Crippen LogP contribution in [0.15, 0.2) is 27.0 Å². The first-order chi connectivity index (χ1) is 5.27. The molecule has 1 aromatic heterocycles. The van der Waals surface area contributed by atoms with E-state index in [4.69, 9.17) is 0 Å². The third-order valence-electron chi connectivity index (χ3n) is 1.30. The Balaban J connectivity index is 2.67. The molecule has 1 aliphatic heterocycles. The van der Waals surface area contributed by atoms with Crippen LogP contribution in [0.25, 0.3) is 0 Å². The Hall–Kier alpha value is -1.10. The molecule has 1 aromatic rings. The fraction of sp³-hybridized carbons (Fsp3) is 0. The summed E-state index contributed by atoms with van der Waals surface area (Å²) in [5, 5.41) is 6.91. The summed E-state index contributed by atoms with van der Waals surface area (Å²) in [4.78, 5) is 14.8. The lowest BCUT2D eigenvalue weighted by Gasteiger charge is -1.91. The van der Waals surface area contributed by atoms with Gasteiger partial charge in [0.05, 0.1) is 5.56 Å². The number of carbonyl (C=O) groups excluding carboxylic acids is 1. The normalized spacial score (nSPS) is 13.7. The molecule has 0 spiro atoms. The maximum atomic E-state index is 10.9. The van der Waals surface area contributed by atoms with Gasteiger partial charge >= 0.3 is 0 Å². The van der Waals surface area contributed by atoms with Crippen molar-refractivity contribution in [1.29, 1.82) is 0 Å². The molecule has 0 aromatic carbocycles. The third kappa shape index (κ3) is 0.970. The first-order valence-electron chi connectivity index (χ1n) is 2.89. The van der Waals surface area contributed by atoms with Crippen LogP contribution in [0, 0.1) is 0 Å². The summed E-state index contributed by atoms with van der Waals surface area (Å²) in [5.41, 5.74) is 0.458. The van der Waals surface area contributed by atoms with Gasteiger partial charge in [-0.15, -0.1) is 10.2 Å². The van der Waals surface area contributed by atoms with Crippen LogP contribution in [0.3, 0.4) is 0 Å². The summed E-state index contributed by atoms with van der Waals surface area (Å²) in [6, 6.07) is 1.66. The second kappa shape index (κ2) is 2.20. The third-order valence-corrected chi connectivity index (χ3v) is 1.73. The van der Waals surface area contributed by atoms with E-state index in [0.717, 1.165) is 4.47 Å². The van der Waals surface area contributed by atoms with Crippen molar-refractivity contribution in [3.63, 3.8) is 0 Å². The predicted octanol–water partition coefficient (Wildman–Crippen LogP) is 2.08. The minimum atomic E-state index is -0.325. The Morgan fingerprint density at radius 3 is 3.00 bits per heavy atom. The number of hydrogen-bond donors (Lipinski definition) is 0. The number of nitrogens with zero attached hydrogens (tertiary/aromatic N) is 3. The van der Waals surface area contributed by atoms with Crippen molar-refractivity contribution in [3.8, 4) is 0 Å². The number of aromatic nitrogens is 1. The summed E-state index contributed by atoms with van der Waals surface area (Å²) >= 11 is 3.19. The molecule has 0 saturated heterocycles. The van der Waals surface area contributed by atoms with E-state index < -0.39 is 0 Å². The second-order valence-electron chi connectivity index (χ2n) is 2.03.